The monoisotopic (exact) mass is 421 g/mol. The van der Waals surface area contributed by atoms with Gasteiger partial charge in [0.1, 0.15) is 11.8 Å². The number of pyridine rings is 1. The largest absolute Gasteiger partial charge is 0.391 e. The third-order valence-electron chi connectivity index (χ3n) is 6.55. The van der Waals surface area contributed by atoms with E-state index >= 15 is 0 Å². The number of carbonyl (C=O) groups is 1. The Morgan fingerprint density at radius 1 is 1.33 bits per heavy atom. The molecule has 3 aliphatic rings. The molecule has 4 rings (SSSR count). The highest BCUT2D eigenvalue weighted by Gasteiger charge is 2.61. The zero-order valence-electron chi connectivity index (χ0n) is 17.5. The number of aliphatic hydroxyl groups excluding tert-OH is 1. The highest BCUT2D eigenvalue weighted by Crippen LogP contribution is 2.43. The van der Waals surface area contributed by atoms with Crippen molar-refractivity contribution in [3.05, 3.63) is 30.1 Å². The van der Waals surface area contributed by atoms with E-state index in [4.69, 9.17) is 14.2 Å². The molecule has 3 unspecified atom stereocenters. The molecule has 0 spiro atoms. The summed E-state index contributed by atoms with van der Waals surface area (Å²) < 4.78 is 18.3. The molecule has 4 N–H and O–H groups in total. The molecule has 166 valence electrons. The minimum atomic E-state index is -1.88. The number of carbonyl (C=O) groups excluding carboxylic acids is 1. The van der Waals surface area contributed by atoms with Crippen molar-refractivity contribution in [1.82, 2.24) is 15.6 Å². The molecule has 1 saturated carbocycles. The Kier molecular flexibility index (Phi) is 6.11. The number of likely N-dealkylation sites (N-methyl/N-ethyl adjacent to an activating group) is 1. The maximum atomic E-state index is 12.7. The Hall–Kier alpha value is -1.62. The molecule has 0 aromatic carbocycles. The average Bonchev–Trinajstić information content (AvgIpc) is 2.74. The van der Waals surface area contributed by atoms with Crippen LogP contribution in [-0.2, 0) is 14.2 Å². The lowest BCUT2D eigenvalue weighted by Crippen LogP contribution is -2.75. The molecule has 3 fully saturated rings. The van der Waals surface area contributed by atoms with E-state index in [1.807, 2.05) is 13.8 Å². The summed E-state index contributed by atoms with van der Waals surface area (Å²) in [5.74, 6) is -2.24. The zero-order valence-corrected chi connectivity index (χ0v) is 17.5. The first-order chi connectivity index (χ1) is 14.4. The second-order valence-corrected chi connectivity index (χ2v) is 8.47. The number of ether oxygens (including phenoxy) is 3. The standard InChI is InChI=1S/C21H31N3O6/c1-4-12-10-14-18(16(22-3)17(12)25)30-21(27)15(9-11(2)28-20(21)29-14)24-19(26)13-7-5-6-8-23-13/h5-8,11-12,14-18,20,22,25,27H,4,9-10H2,1-3H3,(H,24,26)/t11-,12+,14?,15-,16+,17+,18?,20?,21+/m1/s1. The Balaban J connectivity index is 1.58. The molecule has 0 bridgehead atoms. The van der Waals surface area contributed by atoms with Crippen LogP contribution in [0.25, 0.3) is 0 Å². The summed E-state index contributed by atoms with van der Waals surface area (Å²) in [6.45, 7) is 3.90. The highest BCUT2D eigenvalue weighted by atomic mass is 16.8. The van der Waals surface area contributed by atoms with Crippen molar-refractivity contribution < 1.29 is 29.2 Å². The van der Waals surface area contributed by atoms with Crippen molar-refractivity contribution in [2.24, 2.45) is 5.92 Å². The van der Waals surface area contributed by atoms with Crippen LogP contribution in [0.3, 0.4) is 0 Å². The summed E-state index contributed by atoms with van der Waals surface area (Å²) in [7, 11) is 1.75. The molecule has 2 aliphatic heterocycles. The second-order valence-electron chi connectivity index (χ2n) is 8.47. The van der Waals surface area contributed by atoms with Gasteiger partial charge in [-0.15, -0.1) is 0 Å². The van der Waals surface area contributed by atoms with Crippen molar-refractivity contribution in [1.29, 1.82) is 0 Å². The van der Waals surface area contributed by atoms with E-state index in [1.54, 1.807) is 25.2 Å². The van der Waals surface area contributed by atoms with Gasteiger partial charge in [-0.2, -0.15) is 0 Å². The van der Waals surface area contributed by atoms with E-state index in [0.29, 0.717) is 12.8 Å². The first-order valence-corrected chi connectivity index (χ1v) is 10.7. The Labute approximate surface area is 176 Å². The number of aliphatic hydroxyl groups is 2. The lowest BCUT2D eigenvalue weighted by Gasteiger charge is -2.56. The predicted molar refractivity (Wildman–Crippen MR) is 106 cm³/mol. The minimum Gasteiger partial charge on any atom is -0.391 e. The van der Waals surface area contributed by atoms with Gasteiger partial charge in [0, 0.05) is 6.20 Å². The fourth-order valence-corrected chi connectivity index (χ4v) is 4.88. The number of fused-ring (bicyclic) bond motifs is 2. The third kappa shape index (κ3) is 3.74. The van der Waals surface area contributed by atoms with Crippen LogP contribution in [0.15, 0.2) is 24.4 Å². The highest BCUT2D eigenvalue weighted by molar-refractivity contribution is 5.92. The molecule has 0 radical (unpaired) electrons. The van der Waals surface area contributed by atoms with Crippen LogP contribution in [0.5, 0.6) is 0 Å². The third-order valence-corrected chi connectivity index (χ3v) is 6.55. The lowest BCUT2D eigenvalue weighted by molar-refractivity contribution is -0.443. The van der Waals surface area contributed by atoms with Gasteiger partial charge in [-0.05, 0) is 44.9 Å². The molecule has 1 aliphatic carbocycles. The SMILES string of the molecule is CC[C@H]1CC2OC3O[C@H](C)C[C@@H](NC(=O)c4ccccn4)[C@]3(O)OC2[C@@H](NC)[C@H]1O. The van der Waals surface area contributed by atoms with Crippen LogP contribution >= 0.6 is 0 Å². The number of hydrogen-bond acceptors (Lipinski definition) is 8. The van der Waals surface area contributed by atoms with Gasteiger partial charge in [0.15, 0.2) is 0 Å². The number of hydrogen-bond donors (Lipinski definition) is 4. The second kappa shape index (κ2) is 8.49. The van der Waals surface area contributed by atoms with Gasteiger partial charge in [-0.3, -0.25) is 9.78 Å². The van der Waals surface area contributed by atoms with Gasteiger partial charge in [-0.1, -0.05) is 19.4 Å². The average molecular weight is 421 g/mol. The van der Waals surface area contributed by atoms with E-state index in [2.05, 4.69) is 15.6 Å². The van der Waals surface area contributed by atoms with Gasteiger partial charge in [0.05, 0.1) is 30.4 Å². The van der Waals surface area contributed by atoms with Gasteiger partial charge < -0.3 is 35.1 Å². The molecule has 3 heterocycles. The van der Waals surface area contributed by atoms with E-state index < -0.39 is 42.3 Å². The van der Waals surface area contributed by atoms with Gasteiger partial charge in [0.2, 0.25) is 12.1 Å². The summed E-state index contributed by atoms with van der Waals surface area (Å²) in [6.07, 6.45) is 0.457. The Bertz CT molecular complexity index is 752. The molecule has 1 aromatic rings. The Morgan fingerprint density at radius 3 is 2.80 bits per heavy atom. The summed E-state index contributed by atoms with van der Waals surface area (Å²) in [6, 6.07) is 3.88. The molecule has 30 heavy (non-hydrogen) atoms. The van der Waals surface area contributed by atoms with Crippen molar-refractivity contribution in [3.8, 4) is 0 Å². The smallest absolute Gasteiger partial charge is 0.270 e. The first-order valence-electron chi connectivity index (χ1n) is 10.7. The maximum absolute atomic E-state index is 12.7. The molecule has 1 amide bonds. The first kappa shape index (κ1) is 21.6. The normalized spacial score (nSPS) is 43.4. The van der Waals surface area contributed by atoms with Crippen molar-refractivity contribution in [2.45, 2.75) is 81.7 Å². The van der Waals surface area contributed by atoms with Crippen LogP contribution in [0.2, 0.25) is 0 Å². The van der Waals surface area contributed by atoms with Crippen molar-refractivity contribution >= 4 is 5.91 Å². The lowest BCUT2D eigenvalue weighted by atomic mass is 9.77. The number of nitrogens with zero attached hydrogens (tertiary/aromatic N) is 1. The molecule has 2 saturated heterocycles. The van der Waals surface area contributed by atoms with Gasteiger partial charge in [-0.25, -0.2) is 0 Å². The summed E-state index contributed by atoms with van der Waals surface area (Å²) in [4.78, 5) is 16.8. The van der Waals surface area contributed by atoms with E-state index in [-0.39, 0.29) is 23.8 Å². The summed E-state index contributed by atoms with van der Waals surface area (Å²) in [5, 5.41) is 28.2. The van der Waals surface area contributed by atoms with Crippen LogP contribution < -0.4 is 10.6 Å². The van der Waals surface area contributed by atoms with Crippen molar-refractivity contribution in [3.63, 3.8) is 0 Å². The van der Waals surface area contributed by atoms with E-state index in [1.165, 1.54) is 6.20 Å². The van der Waals surface area contributed by atoms with E-state index in [0.717, 1.165) is 6.42 Å². The summed E-state index contributed by atoms with van der Waals surface area (Å²) >= 11 is 0. The minimum absolute atomic E-state index is 0.0548. The van der Waals surface area contributed by atoms with Crippen LogP contribution in [-0.4, -0.2) is 76.7 Å². The molecule has 1 aromatic heterocycles. The van der Waals surface area contributed by atoms with Gasteiger partial charge >= 0.3 is 0 Å². The predicted octanol–water partition coefficient (Wildman–Crippen LogP) is 0.166. The van der Waals surface area contributed by atoms with Crippen LogP contribution in [0, 0.1) is 5.92 Å². The Morgan fingerprint density at radius 2 is 2.13 bits per heavy atom. The quantitative estimate of drug-likeness (QED) is 0.543. The maximum Gasteiger partial charge on any atom is 0.270 e. The number of nitrogens with one attached hydrogen (secondary N) is 2. The van der Waals surface area contributed by atoms with Crippen LogP contribution in [0.4, 0.5) is 0 Å². The molecule has 9 heteroatoms. The van der Waals surface area contributed by atoms with Gasteiger partial charge in [0.25, 0.3) is 5.91 Å². The number of rotatable bonds is 4. The fourth-order valence-electron chi connectivity index (χ4n) is 4.88. The molecular formula is C21H31N3O6. The summed E-state index contributed by atoms with van der Waals surface area (Å²) in [5.41, 5.74) is 0.248. The van der Waals surface area contributed by atoms with Crippen LogP contribution in [0.1, 0.15) is 43.6 Å². The topological polar surface area (TPSA) is 122 Å². The number of amides is 1. The number of aromatic nitrogens is 1. The van der Waals surface area contributed by atoms with E-state index in [9.17, 15) is 15.0 Å². The molecule has 9 nitrogen and oxygen atoms in total. The zero-order chi connectivity index (χ0) is 21.5. The van der Waals surface area contributed by atoms with Crippen molar-refractivity contribution in [2.75, 3.05) is 7.05 Å². The molecular weight excluding hydrogens is 390 g/mol. The molecule has 9 atom stereocenters. The fraction of sp³-hybridized carbons (Fsp3) is 0.714.